The lowest BCUT2D eigenvalue weighted by Crippen LogP contribution is -2.48. The monoisotopic (exact) mass is 537 g/mol. The van der Waals surface area contributed by atoms with Crippen molar-refractivity contribution in [1.82, 2.24) is 19.8 Å². The van der Waals surface area contributed by atoms with Crippen LogP contribution < -0.4 is 20.3 Å². The second-order valence-electron chi connectivity index (χ2n) is 10.4. The maximum atomic E-state index is 12.2. The van der Waals surface area contributed by atoms with E-state index in [0.717, 1.165) is 91.9 Å². The number of nitrogens with zero attached hydrogens (tertiary/aromatic N) is 6. The minimum absolute atomic E-state index is 0.123. The number of ether oxygens (including phenoxy) is 1. The van der Waals surface area contributed by atoms with Gasteiger partial charge in [-0.1, -0.05) is 6.07 Å². The molecule has 2 aromatic heterocycles. The number of primary amides is 1. The SMILES string of the molecule is COc1ccc2cccnc2c1N1CCCN(C(CC(N)=O)c2csc(N3CCN(C(C)C)CC3)n2)CC1. The number of amides is 1. The molecule has 1 unspecified atom stereocenters. The summed E-state index contributed by atoms with van der Waals surface area (Å²) in [4.78, 5) is 31.5. The summed E-state index contributed by atoms with van der Waals surface area (Å²) in [7, 11) is 1.71. The van der Waals surface area contributed by atoms with E-state index in [-0.39, 0.29) is 18.4 Å². The molecule has 1 aromatic carbocycles. The Labute approximate surface area is 229 Å². The van der Waals surface area contributed by atoms with E-state index in [4.69, 9.17) is 15.5 Å². The lowest BCUT2D eigenvalue weighted by molar-refractivity contribution is -0.119. The number of rotatable bonds is 8. The van der Waals surface area contributed by atoms with Crippen LogP contribution in [0.2, 0.25) is 0 Å². The van der Waals surface area contributed by atoms with Crippen molar-refractivity contribution in [2.24, 2.45) is 5.73 Å². The van der Waals surface area contributed by atoms with Gasteiger partial charge in [0.25, 0.3) is 0 Å². The molecule has 2 aliphatic rings. The summed E-state index contributed by atoms with van der Waals surface area (Å²) in [6.07, 6.45) is 3.06. The number of hydrogen-bond acceptors (Lipinski definition) is 9. The maximum Gasteiger partial charge on any atom is 0.219 e. The molecule has 3 aromatic rings. The van der Waals surface area contributed by atoms with E-state index in [0.29, 0.717) is 6.04 Å². The molecule has 9 nitrogen and oxygen atoms in total. The van der Waals surface area contributed by atoms with Gasteiger partial charge in [-0.3, -0.25) is 19.6 Å². The van der Waals surface area contributed by atoms with Crippen molar-refractivity contribution in [2.45, 2.75) is 38.8 Å². The Balaban J connectivity index is 1.33. The van der Waals surface area contributed by atoms with Gasteiger partial charge in [-0.15, -0.1) is 11.3 Å². The minimum Gasteiger partial charge on any atom is -0.494 e. The molecule has 0 bridgehead atoms. The summed E-state index contributed by atoms with van der Waals surface area (Å²) in [5, 5.41) is 4.26. The molecule has 0 radical (unpaired) electrons. The molecule has 0 spiro atoms. The quantitative estimate of drug-likeness (QED) is 0.468. The zero-order chi connectivity index (χ0) is 26.6. The number of nitrogens with two attached hydrogens (primary N) is 1. The first-order valence-corrected chi connectivity index (χ1v) is 14.5. The highest BCUT2D eigenvalue weighted by molar-refractivity contribution is 7.13. The van der Waals surface area contributed by atoms with Gasteiger partial charge >= 0.3 is 0 Å². The van der Waals surface area contributed by atoms with Crippen LogP contribution >= 0.6 is 11.3 Å². The summed E-state index contributed by atoms with van der Waals surface area (Å²) in [5.41, 5.74) is 8.69. The van der Waals surface area contributed by atoms with E-state index in [1.54, 1.807) is 18.4 Å². The molecule has 0 aliphatic carbocycles. The Bertz CT molecular complexity index is 1240. The molecule has 38 heavy (non-hydrogen) atoms. The van der Waals surface area contributed by atoms with Gasteiger partial charge in [0.2, 0.25) is 5.91 Å². The van der Waals surface area contributed by atoms with E-state index in [9.17, 15) is 4.79 Å². The first-order valence-electron chi connectivity index (χ1n) is 13.6. The molecule has 2 fully saturated rings. The van der Waals surface area contributed by atoms with Gasteiger partial charge in [-0.25, -0.2) is 4.98 Å². The molecule has 1 amide bonds. The van der Waals surface area contributed by atoms with Crippen LogP contribution in [0.1, 0.15) is 38.4 Å². The van der Waals surface area contributed by atoms with Crippen molar-refractivity contribution >= 4 is 39.0 Å². The van der Waals surface area contributed by atoms with Crippen LogP contribution in [0.15, 0.2) is 35.8 Å². The zero-order valence-electron chi connectivity index (χ0n) is 22.7. The Morgan fingerprint density at radius 1 is 1.03 bits per heavy atom. The third-order valence-electron chi connectivity index (χ3n) is 7.78. The van der Waals surface area contributed by atoms with E-state index >= 15 is 0 Å². The van der Waals surface area contributed by atoms with Crippen LogP contribution in [-0.4, -0.2) is 91.2 Å². The predicted molar refractivity (Wildman–Crippen MR) is 154 cm³/mol. The summed E-state index contributed by atoms with van der Waals surface area (Å²) >= 11 is 1.68. The lowest BCUT2D eigenvalue weighted by Gasteiger charge is -2.36. The highest BCUT2D eigenvalue weighted by Gasteiger charge is 2.29. The standard InChI is InChI=1S/C28H39N7O2S/c1-20(2)32-12-16-35(17-13-32)28-31-22(19-38-28)23(18-25(29)36)33-10-5-11-34(15-14-33)27-24(37-3)8-7-21-6-4-9-30-26(21)27/h4,6-9,19-20,23H,5,10-18H2,1-3H3,(H2,29,36). The maximum absolute atomic E-state index is 12.2. The number of hydrogen-bond donors (Lipinski definition) is 1. The molecule has 2 aliphatic heterocycles. The van der Waals surface area contributed by atoms with Crippen molar-refractivity contribution in [3.8, 4) is 5.75 Å². The summed E-state index contributed by atoms with van der Waals surface area (Å²) in [5.74, 6) is 0.538. The summed E-state index contributed by atoms with van der Waals surface area (Å²) in [6, 6.07) is 8.57. The molecule has 10 heteroatoms. The first kappa shape index (κ1) is 26.6. The lowest BCUT2D eigenvalue weighted by atomic mass is 10.1. The zero-order valence-corrected chi connectivity index (χ0v) is 23.5. The van der Waals surface area contributed by atoms with E-state index in [1.165, 1.54) is 0 Å². The fourth-order valence-corrected chi connectivity index (χ4v) is 6.60. The number of piperazine rings is 1. The fourth-order valence-electron chi connectivity index (χ4n) is 5.67. The summed E-state index contributed by atoms with van der Waals surface area (Å²) in [6.45, 7) is 11.9. The summed E-state index contributed by atoms with van der Waals surface area (Å²) < 4.78 is 5.75. The van der Waals surface area contributed by atoms with Crippen LogP contribution in [0.25, 0.3) is 10.9 Å². The number of pyridine rings is 1. The normalized spacial score (nSPS) is 18.6. The average molecular weight is 538 g/mol. The topological polar surface area (TPSA) is 91.1 Å². The van der Waals surface area contributed by atoms with Crippen molar-refractivity contribution in [1.29, 1.82) is 0 Å². The fraction of sp³-hybridized carbons (Fsp3) is 0.536. The number of carbonyl (C=O) groups excluding carboxylic acids is 1. The number of methoxy groups -OCH3 is 1. The molecule has 4 heterocycles. The third-order valence-corrected chi connectivity index (χ3v) is 8.70. The van der Waals surface area contributed by atoms with E-state index in [1.807, 2.05) is 18.3 Å². The van der Waals surface area contributed by atoms with Gasteiger partial charge in [0.15, 0.2) is 5.13 Å². The van der Waals surface area contributed by atoms with Crippen LogP contribution in [0.3, 0.4) is 0 Å². The third kappa shape index (κ3) is 5.72. The van der Waals surface area contributed by atoms with Crippen LogP contribution in [0.5, 0.6) is 5.75 Å². The number of thiazole rings is 1. The van der Waals surface area contributed by atoms with Crippen LogP contribution in [0, 0.1) is 0 Å². The van der Waals surface area contributed by atoms with Crippen LogP contribution in [0.4, 0.5) is 10.8 Å². The van der Waals surface area contributed by atoms with Crippen molar-refractivity contribution in [3.63, 3.8) is 0 Å². The van der Waals surface area contributed by atoms with E-state index in [2.05, 4.69) is 55.9 Å². The Hall–Kier alpha value is -2.95. The van der Waals surface area contributed by atoms with Gasteiger partial charge in [-0.2, -0.15) is 0 Å². The second kappa shape index (κ2) is 11.8. The molecular formula is C28H39N7O2S. The predicted octanol–water partition coefficient (Wildman–Crippen LogP) is 3.36. The molecule has 204 valence electrons. The number of anilines is 2. The van der Waals surface area contributed by atoms with Gasteiger partial charge in [0.05, 0.1) is 24.4 Å². The minimum atomic E-state index is -0.295. The molecule has 2 N–H and O–H groups in total. The number of benzene rings is 1. The van der Waals surface area contributed by atoms with Gasteiger partial charge < -0.3 is 20.3 Å². The van der Waals surface area contributed by atoms with Crippen molar-refractivity contribution in [2.75, 3.05) is 69.3 Å². The van der Waals surface area contributed by atoms with Gasteiger partial charge in [0, 0.05) is 81.8 Å². The number of fused-ring (bicyclic) bond motifs is 1. The van der Waals surface area contributed by atoms with Crippen LogP contribution in [-0.2, 0) is 4.79 Å². The van der Waals surface area contributed by atoms with Crippen molar-refractivity contribution in [3.05, 3.63) is 41.5 Å². The first-order chi connectivity index (χ1) is 18.4. The largest absolute Gasteiger partial charge is 0.494 e. The second-order valence-corrected chi connectivity index (χ2v) is 11.3. The average Bonchev–Trinajstić information content (AvgIpc) is 3.29. The molecule has 0 saturated carbocycles. The number of aromatic nitrogens is 2. The Kier molecular flexibility index (Phi) is 8.30. The van der Waals surface area contributed by atoms with Gasteiger partial charge in [0.1, 0.15) is 11.4 Å². The molecular weight excluding hydrogens is 498 g/mol. The molecule has 5 rings (SSSR count). The van der Waals surface area contributed by atoms with Gasteiger partial charge in [-0.05, 0) is 38.5 Å². The Morgan fingerprint density at radius 2 is 1.79 bits per heavy atom. The smallest absolute Gasteiger partial charge is 0.219 e. The molecule has 1 atom stereocenters. The Morgan fingerprint density at radius 3 is 2.53 bits per heavy atom. The van der Waals surface area contributed by atoms with Crippen molar-refractivity contribution < 1.29 is 9.53 Å². The van der Waals surface area contributed by atoms with E-state index < -0.39 is 0 Å². The number of carbonyl (C=O) groups is 1. The molecule has 2 saturated heterocycles. The highest BCUT2D eigenvalue weighted by Crippen LogP contribution is 2.37. The highest BCUT2D eigenvalue weighted by atomic mass is 32.1.